The normalized spacial score (nSPS) is 18.3. The van der Waals surface area contributed by atoms with Crippen molar-refractivity contribution in [1.29, 1.82) is 0 Å². The lowest BCUT2D eigenvalue weighted by molar-refractivity contribution is -0.140. The molecule has 2 aromatic carbocycles. The van der Waals surface area contributed by atoms with Crippen LogP contribution in [0, 0.1) is 0 Å². The van der Waals surface area contributed by atoms with Crippen LogP contribution in [-0.2, 0) is 14.4 Å². The van der Waals surface area contributed by atoms with Crippen molar-refractivity contribution < 1.29 is 19.1 Å². The second-order valence-electron chi connectivity index (χ2n) is 7.45. The molecule has 1 saturated heterocycles. The third-order valence-electron chi connectivity index (χ3n) is 5.41. The highest BCUT2D eigenvalue weighted by Crippen LogP contribution is 2.32. The Bertz CT molecular complexity index is 1030. The first-order valence-corrected chi connectivity index (χ1v) is 10.8. The lowest BCUT2D eigenvalue weighted by Crippen LogP contribution is -2.54. The lowest BCUT2D eigenvalue weighted by Gasteiger charge is -2.37. The molecule has 0 spiro atoms. The van der Waals surface area contributed by atoms with Gasteiger partial charge in [0.1, 0.15) is 18.3 Å². The summed E-state index contributed by atoms with van der Waals surface area (Å²) >= 11 is 12.0. The average molecular weight is 462 g/mol. The number of amides is 3. The van der Waals surface area contributed by atoms with E-state index in [2.05, 4.69) is 5.32 Å². The van der Waals surface area contributed by atoms with Crippen LogP contribution in [0.4, 0.5) is 11.4 Å². The van der Waals surface area contributed by atoms with E-state index in [1.54, 1.807) is 41.3 Å². The largest absolute Gasteiger partial charge is 0.482 e. The van der Waals surface area contributed by atoms with Crippen LogP contribution >= 0.6 is 23.2 Å². The minimum Gasteiger partial charge on any atom is -0.482 e. The molecule has 1 atom stereocenters. The van der Waals surface area contributed by atoms with Gasteiger partial charge >= 0.3 is 0 Å². The summed E-state index contributed by atoms with van der Waals surface area (Å²) in [4.78, 5) is 41.5. The van der Waals surface area contributed by atoms with Crippen molar-refractivity contribution in [1.82, 2.24) is 4.90 Å². The van der Waals surface area contributed by atoms with E-state index in [0.717, 1.165) is 12.8 Å². The van der Waals surface area contributed by atoms with Gasteiger partial charge in [-0.25, -0.2) is 0 Å². The van der Waals surface area contributed by atoms with Gasteiger partial charge in [0, 0.05) is 12.2 Å². The minimum atomic E-state index is -0.623. The maximum Gasteiger partial charge on any atom is 0.265 e. The van der Waals surface area contributed by atoms with Gasteiger partial charge in [-0.3, -0.25) is 19.3 Å². The molecule has 2 heterocycles. The Hall–Kier alpha value is -2.77. The van der Waals surface area contributed by atoms with E-state index in [4.69, 9.17) is 27.9 Å². The zero-order chi connectivity index (χ0) is 22.0. The number of hydrogen-bond acceptors (Lipinski definition) is 4. The third-order valence-corrected chi connectivity index (χ3v) is 6.15. The summed E-state index contributed by atoms with van der Waals surface area (Å²) < 4.78 is 5.44. The van der Waals surface area contributed by atoms with Gasteiger partial charge in [0.15, 0.2) is 6.61 Å². The van der Waals surface area contributed by atoms with Crippen LogP contribution in [0.25, 0.3) is 0 Å². The number of ether oxygens (including phenoxy) is 1. The Morgan fingerprint density at radius 1 is 1.10 bits per heavy atom. The first kappa shape index (κ1) is 21.5. The van der Waals surface area contributed by atoms with Gasteiger partial charge in [-0.15, -0.1) is 0 Å². The van der Waals surface area contributed by atoms with Crippen molar-refractivity contribution in [2.75, 3.05) is 29.9 Å². The van der Waals surface area contributed by atoms with Crippen LogP contribution in [0.1, 0.15) is 19.3 Å². The topological polar surface area (TPSA) is 79.0 Å². The molecule has 1 fully saturated rings. The molecule has 0 bridgehead atoms. The number of anilines is 2. The van der Waals surface area contributed by atoms with E-state index >= 15 is 0 Å². The predicted octanol–water partition coefficient (Wildman–Crippen LogP) is 3.74. The number of halogens is 2. The van der Waals surface area contributed by atoms with Gasteiger partial charge < -0.3 is 15.0 Å². The monoisotopic (exact) mass is 461 g/mol. The molecule has 0 aromatic heterocycles. The van der Waals surface area contributed by atoms with Crippen molar-refractivity contribution in [3.63, 3.8) is 0 Å². The van der Waals surface area contributed by atoms with Crippen LogP contribution < -0.4 is 15.0 Å². The molecule has 162 valence electrons. The number of rotatable bonds is 4. The molecule has 0 saturated carbocycles. The summed E-state index contributed by atoms with van der Waals surface area (Å²) in [6.07, 6.45) is 2.19. The number of benzene rings is 2. The van der Waals surface area contributed by atoms with Gasteiger partial charge in [-0.05, 0) is 49.6 Å². The summed E-state index contributed by atoms with van der Waals surface area (Å²) in [7, 11) is 0. The molecule has 2 aromatic rings. The molecular weight excluding hydrogens is 441 g/mol. The molecule has 2 aliphatic heterocycles. The molecule has 3 amide bonds. The Morgan fingerprint density at radius 3 is 2.71 bits per heavy atom. The zero-order valence-electron chi connectivity index (χ0n) is 16.6. The van der Waals surface area contributed by atoms with Gasteiger partial charge in [-0.2, -0.15) is 0 Å². The fourth-order valence-corrected chi connectivity index (χ4v) is 4.15. The maximum absolute atomic E-state index is 13.2. The highest BCUT2D eigenvalue weighted by Gasteiger charge is 2.35. The molecule has 1 N–H and O–H groups in total. The van der Waals surface area contributed by atoms with Crippen LogP contribution in [0.2, 0.25) is 10.0 Å². The minimum absolute atomic E-state index is 0.120. The highest BCUT2D eigenvalue weighted by molar-refractivity contribution is 6.42. The lowest BCUT2D eigenvalue weighted by atomic mass is 10.0. The quantitative estimate of drug-likeness (QED) is 0.751. The number of likely N-dealkylation sites (tertiary alicyclic amines) is 1. The molecule has 9 heteroatoms. The number of carbonyl (C=O) groups excluding carboxylic acids is 3. The predicted molar refractivity (Wildman–Crippen MR) is 119 cm³/mol. The van der Waals surface area contributed by atoms with Crippen molar-refractivity contribution >= 4 is 52.3 Å². The molecule has 4 rings (SSSR count). The van der Waals surface area contributed by atoms with Crippen molar-refractivity contribution in [3.8, 4) is 5.75 Å². The number of nitrogens with one attached hydrogen (secondary N) is 1. The second kappa shape index (κ2) is 9.16. The van der Waals surface area contributed by atoms with E-state index in [1.165, 1.54) is 4.90 Å². The molecule has 1 unspecified atom stereocenters. The fourth-order valence-electron chi connectivity index (χ4n) is 3.86. The standard InChI is InChI=1S/C22H21Cl2N3O4/c23-15-9-8-14(11-16(15)24)25-22(30)18-6-3-4-10-26(18)20(28)12-27-17-5-1-2-7-19(17)31-13-21(27)29/h1-2,5,7-9,11,18H,3-4,6,10,12-13H2,(H,25,30). The molecule has 31 heavy (non-hydrogen) atoms. The highest BCUT2D eigenvalue weighted by atomic mass is 35.5. The van der Waals surface area contributed by atoms with Crippen molar-refractivity contribution in [3.05, 3.63) is 52.5 Å². The molecule has 0 radical (unpaired) electrons. The van der Waals surface area contributed by atoms with Crippen LogP contribution in [0.5, 0.6) is 5.75 Å². The van der Waals surface area contributed by atoms with Crippen molar-refractivity contribution in [2.24, 2.45) is 0 Å². The van der Waals surface area contributed by atoms with E-state index < -0.39 is 6.04 Å². The Kier molecular flexibility index (Phi) is 6.34. The second-order valence-corrected chi connectivity index (χ2v) is 8.27. The third kappa shape index (κ3) is 4.62. The molecule has 0 aliphatic carbocycles. The van der Waals surface area contributed by atoms with Gasteiger partial charge in [0.2, 0.25) is 11.8 Å². The van der Waals surface area contributed by atoms with Gasteiger partial charge in [0.05, 0.1) is 15.7 Å². The summed E-state index contributed by atoms with van der Waals surface area (Å²) in [5.74, 6) is -0.303. The summed E-state index contributed by atoms with van der Waals surface area (Å²) in [6.45, 7) is 0.194. The molecule has 7 nitrogen and oxygen atoms in total. The van der Waals surface area contributed by atoms with E-state index in [9.17, 15) is 14.4 Å². The summed E-state index contributed by atoms with van der Waals surface area (Å²) in [5, 5.41) is 3.54. The smallest absolute Gasteiger partial charge is 0.265 e. The summed E-state index contributed by atoms with van der Waals surface area (Å²) in [5.41, 5.74) is 1.07. The number of carbonyl (C=O) groups is 3. The fraction of sp³-hybridized carbons (Fsp3) is 0.318. The first-order valence-electron chi connectivity index (χ1n) is 10.0. The molecular formula is C22H21Cl2N3O4. The summed E-state index contributed by atoms with van der Waals surface area (Å²) in [6, 6.07) is 11.3. The van der Waals surface area contributed by atoms with Gasteiger partial charge in [-0.1, -0.05) is 35.3 Å². The SMILES string of the molecule is O=C(Nc1ccc(Cl)c(Cl)c1)C1CCCCN1C(=O)CN1C(=O)COc2ccccc21. The number of fused-ring (bicyclic) bond motifs is 1. The van der Waals surface area contributed by atoms with Gasteiger partial charge in [0.25, 0.3) is 5.91 Å². The average Bonchev–Trinajstić information content (AvgIpc) is 2.78. The number of piperidine rings is 1. The number of hydrogen-bond donors (Lipinski definition) is 1. The van der Waals surface area contributed by atoms with Crippen LogP contribution in [0.3, 0.4) is 0 Å². The van der Waals surface area contributed by atoms with Crippen molar-refractivity contribution in [2.45, 2.75) is 25.3 Å². The Morgan fingerprint density at radius 2 is 1.90 bits per heavy atom. The van der Waals surface area contributed by atoms with E-state index in [0.29, 0.717) is 40.1 Å². The van der Waals surface area contributed by atoms with Crippen LogP contribution in [-0.4, -0.2) is 48.4 Å². The first-order chi connectivity index (χ1) is 14.9. The zero-order valence-corrected chi connectivity index (χ0v) is 18.2. The molecule has 2 aliphatic rings. The van der Waals surface area contributed by atoms with E-state index in [-0.39, 0.29) is 30.9 Å². The van der Waals surface area contributed by atoms with Crippen LogP contribution in [0.15, 0.2) is 42.5 Å². The maximum atomic E-state index is 13.2. The number of para-hydroxylation sites is 2. The Balaban J connectivity index is 1.49. The number of nitrogens with zero attached hydrogens (tertiary/aromatic N) is 2. The van der Waals surface area contributed by atoms with E-state index in [1.807, 2.05) is 6.07 Å². The Labute approximate surface area is 189 Å².